The van der Waals surface area contributed by atoms with Crippen molar-refractivity contribution in [2.75, 3.05) is 0 Å². The van der Waals surface area contributed by atoms with Gasteiger partial charge in [-0.3, -0.25) is 0 Å². The minimum atomic E-state index is -1.50. The summed E-state index contributed by atoms with van der Waals surface area (Å²) < 4.78 is 12.2. The first-order chi connectivity index (χ1) is 31.5. The predicted molar refractivity (Wildman–Crippen MR) is 266 cm³/mol. The second kappa shape index (κ2) is 16.6. The van der Waals surface area contributed by atoms with Gasteiger partial charge in [0.25, 0.3) is 0 Å². The van der Waals surface area contributed by atoms with E-state index in [1.165, 1.54) is 10.8 Å². The van der Waals surface area contributed by atoms with E-state index < -0.39 is 7.32 Å². The topological polar surface area (TPSA) is 96.1 Å². The second-order valence-corrected chi connectivity index (χ2v) is 16.1. The van der Waals surface area contributed by atoms with Gasteiger partial charge in [0.2, 0.25) is 0 Å². The molecule has 0 atom stereocenters. The Balaban J connectivity index is 0.000000160. The van der Waals surface area contributed by atoms with Crippen LogP contribution in [-0.2, 0) is 17.1 Å². The SMILES string of the molecule is C1=Cc2cc3ccc(cc4nc(cc5ccc(cc1n2)[nH]5)C=C4)[nH]3.OB(Oc1cccc2ccc3cc4ccccc4cc3c12)Oc1cccc2ccc3cc4ccccc4cc3c12.[Mn]. The standard InChI is InChI=1S/C36H23BO3.C20H14N4.Mn/c38-37(39-33-13-5-11-23-15-17-29-19-25-7-1-3-9-27(25)21-31(29)35(23)33)40-34-14-6-12-24-16-18-30-20-26-8-2-4-10-28(26)22-32(30)36(24)34;1-2-14-10-16-5-6-18(23-16)12-20-8-7-19(24-20)11-17-4-3-15(22-17)9-13(1)21-14;/h1-22,38H;1-12,21,24H;. The smallest absolute Gasteiger partial charge is 0.500 e. The van der Waals surface area contributed by atoms with Crippen molar-refractivity contribution in [1.29, 1.82) is 0 Å². The van der Waals surface area contributed by atoms with E-state index in [1.807, 2.05) is 85.0 Å². The molecule has 7 nitrogen and oxygen atoms in total. The summed E-state index contributed by atoms with van der Waals surface area (Å²) in [4.78, 5) is 16.0. The van der Waals surface area contributed by atoms with Gasteiger partial charge in [-0.2, -0.15) is 0 Å². The Morgan fingerprint density at radius 2 is 0.692 bits per heavy atom. The first kappa shape index (κ1) is 39.9. The molecule has 0 aliphatic carbocycles. The maximum Gasteiger partial charge on any atom is 0.785 e. The molecule has 9 heteroatoms. The van der Waals surface area contributed by atoms with Gasteiger partial charge in [0.1, 0.15) is 11.5 Å². The fourth-order valence-electron chi connectivity index (χ4n) is 8.92. The molecule has 0 saturated carbocycles. The number of aromatic nitrogens is 4. The zero-order valence-electron chi connectivity index (χ0n) is 34.7. The Labute approximate surface area is 384 Å². The molecule has 3 N–H and O–H groups in total. The number of aromatic amines is 2. The van der Waals surface area contributed by atoms with Crippen molar-refractivity contribution in [1.82, 2.24) is 19.9 Å². The van der Waals surface area contributed by atoms with Crippen LogP contribution in [0.1, 0.15) is 22.8 Å². The van der Waals surface area contributed by atoms with Crippen molar-refractivity contribution in [2.45, 2.75) is 0 Å². The van der Waals surface area contributed by atoms with E-state index in [2.05, 4.69) is 141 Å². The summed E-state index contributed by atoms with van der Waals surface area (Å²) >= 11 is 0. The number of hydrogen-bond donors (Lipinski definition) is 3. The van der Waals surface area contributed by atoms with Crippen LogP contribution in [0.2, 0.25) is 0 Å². The zero-order chi connectivity index (χ0) is 42.6. The number of hydrogen-bond acceptors (Lipinski definition) is 5. The van der Waals surface area contributed by atoms with Crippen molar-refractivity contribution in [3.8, 4) is 11.5 Å². The van der Waals surface area contributed by atoms with E-state index in [1.54, 1.807) is 0 Å². The first-order valence-electron chi connectivity index (χ1n) is 21.3. The van der Waals surface area contributed by atoms with Crippen LogP contribution < -0.4 is 9.31 Å². The number of nitrogens with zero attached hydrogens (tertiary/aromatic N) is 2. The van der Waals surface area contributed by atoms with E-state index in [4.69, 9.17) is 9.31 Å². The number of fused-ring (bicyclic) bond motifs is 16. The third kappa shape index (κ3) is 7.90. The molecule has 3 aromatic heterocycles. The maximum absolute atomic E-state index is 11.1. The molecular formula is C56H37BMnN4O3. The van der Waals surface area contributed by atoms with Crippen molar-refractivity contribution >= 4 is 118 Å². The molecule has 8 bridgehead atoms. The van der Waals surface area contributed by atoms with Crippen LogP contribution in [0.15, 0.2) is 182 Å². The minimum absolute atomic E-state index is 0. The largest absolute Gasteiger partial charge is 0.785 e. The van der Waals surface area contributed by atoms with E-state index >= 15 is 0 Å². The van der Waals surface area contributed by atoms with Gasteiger partial charge < -0.3 is 24.3 Å². The predicted octanol–water partition coefficient (Wildman–Crippen LogP) is 13.7. The Bertz CT molecular complexity index is 3580. The number of benzene rings is 8. The van der Waals surface area contributed by atoms with Crippen LogP contribution in [0.25, 0.3) is 111 Å². The van der Waals surface area contributed by atoms with Crippen molar-refractivity contribution in [3.05, 3.63) is 205 Å². The van der Waals surface area contributed by atoms with Gasteiger partial charge >= 0.3 is 7.32 Å². The van der Waals surface area contributed by atoms with Gasteiger partial charge in [0.15, 0.2) is 0 Å². The Hall–Kier alpha value is -7.94. The molecule has 1 radical (unpaired) electrons. The summed E-state index contributed by atoms with van der Waals surface area (Å²) in [6.45, 7) is 0. The quantitative estimate of drug-likeness (QED) is 0.0930. The molecule has 2 aliphatic rings. The molecule has 0 spiro atoms. The summed E-state index contributed by atoms with van der Waals surface area (Å²) in [6.07, 6.45) is 8.09. The summed E-state index contributed by atoms with van der Waals surface area (Å²) in [5.74, 6) is 1.14. The van der Waals surface area contributed by atoms with E-state index in [0.29, 0.717) is 11.5 Å². The third-order valence-corrected chi connectivity index (χ3v) is 11.9. The zero-order valence-corrected chi connectivity index (χ0v) is 35.9. The molecule has 309 valence electrons. The van der Waals surface area contributed by atoms with Crippen molar-refractivity contribution < 1.29 is 31.4 Å². The Morgan fingerprint density at radius 3 is 1.08 bits per heavy atom. The number of rotatable bonds is 4. The second-order valence-electron chi connectivity index (χ2n) is 16.1. The summed E-state index contributed by atoms with van der Waals surface area (Å²) in [5, 5.41) is 24.2. The average molecular weight is 880 g/mol. The fourth-order valence-corrected chi connectivity index (χ4v) is 8.92. The molecule has 0 amide bonds. The summed E-state index contributed by atoms with van der Waals surface area (Å²) in [5.41, 5.74) is 7.86. The van der Waals surface area contributed by atoms with Crippen LogP contribution in [0.3, 0.4) is 0 Å². The fraction of sp³-hybridized carbons (Fsp3) is 0. The molecule has 11 aromatic rings. The molecule has 0 fully saturated rings. The average Bonchev–Trinajstić information content (AvgIpc) is 4.15. The molecule has 8 aromatic carbocycles. The molecule has 13 rings (SSSR count). The van der Waals surface area contributed by atoms with Crippen LogP contribution in [0, 0.1) is 0 Å². The van der Waals surface area contributed by atoms with E-state index in [-0.39, 0.29) is 17.1 Å². The summed E-state index contributed by atoms with van der Waals surface area (Å²) in [6, 6.07) is 62.0. The molecule has 0 unspecified atom stereocenters. The molecule has 5 heterocycles. The van der Waals surface area contributed by atoms with E-state index in [9.17, 15) is 5.02 Å². The monoisotopic (exact) mass is 879 g/mol. The molecule has 2 aliphatic heterocycles. The Kier molecular flexibility index (Phi) is 10.2. The van der Waals surface area contributed by atoms with Gasteiger partial charge in [0.05, 0.1) is 22.8 Å². The van der Waals surface area contributed by atoms with Gasteiger partial charge in [-0.15, -0.1) is 0 Å². The van der Waals surface area contributed by atoms with Crippen molar-refractivity contribution in [2.24, 2.45) is 0 Å². The normalized spacial score (nSPS) is 11.8. The molecule has 65 heavy (non-hydrogen) atoms. The van der Waals surface area contributed by atoms with Crippen LogP contribution >= 0.6 is 0 Å². The van der Waals surface area contributed by atoms with E-state index in [0.717, 1.165) is 98.7 Å². The first-order valence-corrected chi connectivity index (χ1v) is 21.3. The molecular weight excluding hydrogens is 842 g/mol. The third-order valence-electron chi connectivity index (χ3n) is 11.9. The van der Waals surface area contributed by atoms with Crippen LogP contribution in [0.5, 0.6) is 11.5 Å². The van der Waals surface area contributed by atoms with Gasteiger partial charge in [-0.05, 0) is 163 Å². The molecule has 0 saturated heterocycles. The summed E-state index contributed by atoms with van der Waals surface area (Å²) in [7, 11) is -1.50. The number of nitrogens with one attached hydrogen (secondary N) is 2. The minimum Gasteiger partial charge on any atom is -0.500 e. The van der Waals surface area contributed by atoms with Crippen LogP contribution in [0.4, 0.5) is 0 Å². The number of H-pyrrole nitrogens is 2. The maximum atomic E-state index is 11.1. The van der Waals surface area contributed by atoms with Gasteiger partial charge in [-0.25, -0.2) is 9.97 Å². The Morgan fingerprint density at radius 1 is 0.354 bits per heavy atom. The van der Waals surface area contributed by atoms with Gasteiger partial charge in [0, 0.05) is 49.9 Å². The van der Waals surface area contributed by atoms with Gasteiger partial charge in [-0.1, -0.05) is 97.1 Å². The van der Waals surface area contributed by atoms with Crippen molar-refractivity contribution in [3.63, 3.8) is 0 Å². The van der Waals surface area contributed by atoms with Crippen LogP contribution in [-0.4, -0.2) is 32.3 Å².